The maximum atomic E-state index is 14.0. The van der Waals surface area contributed by atoms with E-state index in [1.54, 1.807) is 6.07 Å². The first-order chi connectivity index (χ1) is 15.5. The number of fused-ring (bicyclic) bond motifs is 5. The van der Waals surface area contributed by atoms with Gasteiger partial charge >= 0.3 is 0 Å². The van der Waals surface area contributed by atoms with Crippen LogP contribution in [-0.2, 0) is 6.42 Å². The van der Waals surface area contributed by atoms with Crippen molar-refractivity contribution in [2.75, 3.05) is 0 Å². The molecule has 0 aromatic carbocycles. The van der Waals surface area contributed by atoms with E-state index in [0.29, 0.717) is 17.6 Å². The zero-order valence-corrected chi connectivity index (χ0v) is 19.1. The molecule has 2 bridgehead atoms. The maximum absolute atomic E-state index is 14.0. The van der Waals surface area contributed by atoms with Crippen LogP contribution in [-0.4, -0.2) is 19.5 Å². The van der Waals surface area contributed by atoms with Crippen molar-refractivity contribution in [3.8, 4) is 11.3 Å². The SMILES string of the molecule is CC(C)n1ccc2c(C[C@H]3C4CCC(CC4)[C@@H]3C)nc(-c3c[nH]c4ncc(F)cc34)cc21. The molecule has 3 fully saturated rings. The van der Waals surface area contributed by atoms with Gasteiger partial charge in [-0.05, 0) is 87.8 Å². The molecule has 4 nitrogen and oxygen atoms in total. The summed E-state index contributed by atoms with van der Waals surface area (Å²) in [5.74, 6) is 2.86. The van der Waals surface area contributed by atoms with Crippen molar-refractivity contribution in [2.45, 2.75) is 58.9 Å². The van der Waals surface area contributed by atoms with Gasteiger partial charge in [-0.15, -0.1) is 0 Å². The Morgan fingerprint density at radius 3 is 2.66 bits per heavy atom. The number of aromatic amines is 1. The fraction of sp³-hybridized carbons (Fsp3) is 0.481. The van der Waals surface area contributed by atoms with Gasteiger partial charge in [-0.25, -0.2) is 9.37 Å². The van der Waals surface area contributed by atoms with Crippen LogP contribution in [0.1, 0.15) is 58.2 Å². The molecule has 1 N–H and O–H groups in total. The van der Waals surface area contributed by atoms with E-state index in [4.69, 9.17) is 4.98 Å². The molecule has 0 aliphatic heterocycles. The normalized spacial score (nSPS) is 25.4. The molecule has 4 aromatic heterocycles. The number of halogens is 1. The summed E-state index contributed by atoms with van der Waals surface area (Å²) in [6.45, 7) is 6.90. The second-order valence-corrected chi connectivity index (χ2v) is 10.4. The number of pyridine rings is 2. The average Bonchev–Trinajstić information content (AvgIpc) is 3.40. The molecule has 32 heavy (non-hydrogen) atoms. The second kappa shape index (κ2) is 7.43. The van der Waals surface area contributed by atoms with Gasteiger partial charge in [0.05, 0.1) is 23.1 Å². The number of nitrogens with zero attached hydrogens (tertiary/aromatic N) is 3. The van der Waals surface area contributed by atoms with Gasteiger partial charge in [-0.1, -0.05) is 6.92 Å². The molecule has 0 saturated heterocycles. The van der Waals surface area contributed by atoms with Gasteiger partial charge in [0.15, 0.2) is 0 Å². The van der Waals surface area contributed by atoms with E-state index < -0.39 is 0 Å². The van der Waals surface area contributed by atoms with Crippen LogP contribution in [0.3, 0.4) is 0 Å². The molecule has 0 spiro atoms. The maximum Gasteiger partial charge on any atom is 0.142 e. The fourth-order valence-corrected chi connectivity index (χ4v) is 6.61. The summed E-state index contributed by atoms with van der Waals surface area (Å²) in [4.78, 5) is 12.6. The molecule has 3 aliphatic carbocycles. The summed E-state index contributed by atoms with van der Waals surface area (Å²) < 4.78 is 16.3. The summed E-state index contributed by atoms with van der Waals surface area (Å²) >= 11 is 0. The fourth-order valence-electron chi connectivity index (χ4n) is 6.61. The van der Waals surface area contributed by atoms with Crippen LogP contribution in [0.15, 0.2) is 36.8 Å². The summed E-state index contributed by atoms with van der Waals surface area (Å²) in [6.07, 6.45) is 12.0. The molecule has 3 saturated carbocycles. The van der Waals surface area contributed by atoms with E-state index >= 15 is 0 Å². The van der Waals surface area contributed by atoms with E-state index in [0.717, 1.165) is 40.8 Å². The number of aromatic nitrogens is 4. The largest absolute Gasteiger partial charge is 0.345 e. The van der Waals surface area contributed by atoms with E-state index in [2.05, 4.69) is 53.6 Å². The van der Waals surface area contributed by atoms with Crippen molar-refractivity contribution in [1.82, 2.24) is 19.5 Å². The zero-order chi connectivity index (χ0) is 22.0. The number of hydrogen-bond acceptors (Lipinski definition) is 2. The molecule has 0 radical (unpaired) electrons. The standard InChI is InChI=1S/C27H31FN4/c1-15(2)32-9-8-20-24(11-21-16(3)17-4-6-18(21)7-5-17)31-25(12-26(20)32)23-14-30-27-22(23)10-19(28)13-29-27/h8-10,12-18,21H,4-7,11H2,1-3H3,(H,29,30)/t16-,17?,18?,21+/m0/s1. The zero-order valence-electron chi connectivity index (χ0n) is 19.1. The lowest BCUT2D eigenvalue weighted by atomic mass is 9.58. The van der Waals surface area contributed by atoms with Gasteiger partial charge in [0.1, 0.15) is 11.5 Å². The van der Waals surface area contributed by atoms with Crippen LogP contribution < -0.4 is 0 Å². The van der Waals surface area contributed by atoms with Crippen molar-refractivity contribution in [1.29, 1.82) is 0 Å². The molecule has 166 valence electrons. The molecule has 7 rings (SSSR count). The van der Waals surface area contributed by atoms with Crippen LogP contribution in [0.25, 0.3) is 33.2 Å². The monoisotopic (exact) mass is 430 g/mol. The highest BCUT2D eigenvalue weighted by Gasteiger charge is 2.41. The molecular weight excluding hydrogens is 399 g/mol. The highest BCUT2D eigenvalue weighted by atomic mass is 19.1. The van der Waals surface area contributed by atoms with Gasteiger partial charge in [0, 0.05) is 34.8 Å². The van der Waals surface area contributed by atoms with Crippen LogP contribution in [0.2, 0.25) is 0 Å². The van der Waals surface area contributed by atoms with Crippen LogP contribution in [0.5, 0.6) is 0 Å². The Hall–Kier alpha value is -2.69. The summed E-state index contributed by atoms with van der Waals surface area (Å²) in [6, 6.07) is 6.33. The molecule has 5 heteroatoms. The molecule has 0 amide bonds. The predicted octanol–water partition coefficient (Wildman–Crippen LogP) is 6.91. The lowest BCUT2D eigenvalue weighted by molar-refractivity contribution is 0.0341. The van der Waals surface area contributed by atoms with E-state index in [1.807, 2.05) is 6.20 Å². The topological polar surface area (TPSA) is 46.5 Å². The van der Waals surface area contributed by atoms with Crippen molar-refractivity contribution in [3.63, 3.8) is 0 Å². The molecular formula is C27H31FN4. The number of rotatable bonds is 4. The Balaban J connectivity index is 1.51. The Morgan fingerprint density at radius 2 is 1.91 bits per heavy atom. The smallest absolute Gasteiger partial charge is 0.142 e. The highest BCUT2D eigenvalue weighted by molar-refractivity contribution is 5.95. The van der Waals surface area contributed by atoms with Gasteiger partial charge < -0.3 is 9.55 Å². The lowest BCUT2D eigenvalue weighted by Crippen LogP contribution is -2.39. The number of nitrogens with one attached hydrogen (secondary N) is 1. The first-order valence-electron chi connectivity index (χ1n) is 12.1. The third-order valence-electron chi connectivity index (χ3n) is 8.40. The second-order valence-electron chi connectivity index (χ2n) is 10.4. The Kier molecular flexibility index (Phi) is 4.63. The number of hydrogen-bond donors (Lipinski definition) is 1. The minimum Gasteiger partial charge on any atom is -0.345 e. The van der Waals surface area contributed by atoms with Crippen LogP contribution in [0, 0.1) is 29.5 Å². The van der Waals surface area contributed by atoms with Crippen molar-refractivity contribution < 1.29 is 4.39 Å². The van der Waals surface area contributed by atoms with Gasteiger partial charge in [-0.2, -0.15) is 0 Å². The molecule has 2 atom stereocenters. The third-order valence-corrected chi connectivity index (χ3v) is 8.40. The minimum atomic E-state index is -0.322. The van der Waals surface area contributed by atoms with Gasteiger partial charge in [0.2, 0.25) is 0 Å². The first kappa shape index (κ1) is 20.0. The van der Waals surface area contributed by atoms with E-state index in [9.17, 15) is 4.39 Å². The minimum absolute atomic E-state index is 0.322. The first-order valence-corrected chi connectivity index (χ1v) is 12.1. The number of H-pyrrole nitrogens is 1. The predicted molar refractivity (Wildman–Crippen MR) is 127 cm³/mol. The van der Waals surface area contributed by atoms with Crippen molar-refractivity contribution in [2.24, 2.45) is 23.7 Å². The Morgan fingerprint density at radius 1 is 1.12 bits per heavy atom. The molecule has 4 aromatic rings. The molecule has 0 unspecified atom stereocenters. The van der Waals surface area contributed by atoms with Crippen LogP contribution in [0.4, 0.5) is 4.39 Å². The average molecular weight is 431 g/mol. The molecule has 3 aliphatic rings. The molecule has 4 heterocycles. The summed E-state index contributed by atoms with van der Waals surface area (Å²) in [5.41, 5.74) is 4.93. The highest BCUT2D eigenvalue weighted by Crippen LogP contribution is 2.50. The van der Waals surface area contributed by atoms with Crippen LogP contribution >= 0.6 is 0 Å². The lowest BCUT2D eigenvalue weighted by Gasteiger charge is -2.47. The Labute approximate surface area is 188 Å². The van der Waals surface area contributed by atoms with Gasteiger partial charge in [0.25, 0.3) is 0 Å². The summed E-state index contributed by atoms with van der Waals surface area (Å²) in [7, 11) is 0. The quantitative estimate of drug-likeness (QED) is 0.382. The summed E-state index contributed by atoms with van der Waals surface area (Å²) in [5, 5.41) is 2.05. The van der Waals surface area contributed by atoms with E-state index in [1.165, 1.54) is 48.5 Å². The van der Waals surface area contributed by atoms with Gasteiger partial charge in [-0.3, -0.25) is 4.98 Å². The van der Waals surface area contributed by atoms with E-state index in [-0.39, 0.29) is 5.82 Å². The Bertz CT molecular complexity index is 1290. The van der Waals surface area contributed by atoms with Crippen molar-refractivity contribution >= 4 is 21.9 Å². The van der Waals surface area contributed by atoms with Crippen molar-refractivity contribution in [3.05, 3.63) is 48.3 Å². The third kappa shape index (κ3) is 3.08.